The van der Waals surface area contributed by atoms with Crippen LogP contribution in [0, 0.1) is 11.5 Å². The normalized spacial score (nSPS) is 9.43. The first-order valence-electron chi connectivity index (χ1n) is 4.76. The number of nitriles is 1. The first kappa shape index (κ1) is 10.6. The van der Waals surface area contributed by atoms with Gasteiger partial charge < -0.3 is 0 Å². The topological polar surface area (TPSA) is 36.3 Å². The van der Waals surface area contributed by atoms with Crippen molar-refractivity contribution in [3.63, 3.8) is 0 Å². The molecular formula is C11H14N2O. The maximum absolute atomic E-state index is 8.83. The molecule has 3 heteroatoms. The minimum atomic E-state index is 0.582. The Morgan fingerprint density at radius 3 is 2.64 bits per heavy atom. The van der Waals surface area contributed by atoms with Gasteiger partial charge >= 0.3 is 0 Å². The summed E-state index contributed by atoms with van der Waals surface area (Å²) >= 11 is 0. The quantitative estimate of drug-likeness (QED) is 0.310. The van der Waals surface area contributed by atoms with Crippen molar-refractivity contribution < 1.29 is 4.84 Å². The summed E-state index contributed by atoms with van der Waals surface area (Å²) in [7, 11) is 0. The molecule has 0 spiro atoms. The third kappa shape index (κ3) is 3.08. The lowest BCUT2D eigenvalue weighted by Crippen LogP contribution is -2.17. The van der Waals surface area contributed by atoms with Crippen LogP contribution in [0.25, 0.3) is 0 Å². The van der Waals surface area contributed by atoms with Gasteiger partial charge in [-0.3, -0.25) is 4.84 Å². The third-order valence-electron chi connectivity index (χ3n) is 1.80. The number of unbranched alkanes of at least 4 members (excludes halogenated alkanes) is 1. The molecule has 0 aliphatic rings. The van der Waals surface area contributed by atoms with Crippen LogP contribution in [0.3, 0.4) is 0 Å². The number of hydrogen-bond acceptors (Lipinski definition) is 3. The van der Waals surface area contributed by atoms with Crippen molar-refractivity contribution in [2.45, 2.75) is 19.8 Å². The summed E-state index contributed by atoms with van der Waals surface area (Å²) in [6.07, 6.45) is 4.02. The molecule has 14 heavy (non-hydrogen) atoms. The summed E-state index contributed by atoms with van der Waals surface area (Å²) in [5.74, 6) is 0. The highest BCUT2D eigenvalue weighted by atomic mass is 16.7. The summed E-state index contributed by atoms with van der Waals surface area (Å²) in [4.78, 5) is 5.29. The molecule has 3 nitrogen and oxygen atoms in total. The standard InChI is InChI=1S/C11H14N2O/c1-2-3-9-14-13(10-12)11-7-5-4-6-8-11/h4-8H,2-3,9H2,1H3. The Hall–Kier alpha value is -1.53. The number of hydrogen-bond donors (Lipinski definition) is 0. The van der Waals surface area contributed by atoms with E-state index in [0.717, 1.165) is 18.5 Å². The van der Waals surface area contributed by atoms with Crippen molar-refractivity contribution in [1.82, 2.24) is 0 Å². The number of benzene rings is 1. The molecule has 0 aliphatic carbocycles. The van der Waals surface area contributed by atoms with Crippen molar-refractivity contribution in [2.24, 2.45) is 0 Å². The zero-order valence-corrected chi connectivity index (χ0v) is 8.31. The van der Waals surface area contributed by atoms with Crippen LogP contribution in [0.4, 0.5) is 5.69 Å². The molecule has 0 fully saturated rings. The highest BCUT2D eigenvalue weighted by Crippen LogP contribution is 2.12. The lowest BCUT2D eigenvalue weighted by atomic mass is 10.3. The van der Waals surface area contributed by atoms with Crippen LogP contribution in [-0.4, -0.2) is 6.61 Å². The van der Waals surface area contributed by atoms with E-state index in [0.29, 0.717) is 6.61 Å². The average molecular weight is 190 g/mol. The molecule has 74 valence electrons. The summed E-state index contributed by atoms with van der Waals surface area (Å²) in [6, 6.07) is 9.35. The molecule has 1 aromatic carbocycles. The maximum atomic E-state index is 8.83. The minimum absolute atomic E-state index is 0.582. The van der Waals surface area contributed by atoms with E-state index in [-0.39, 0.29) is 0 Å². The number of rotatable bonds is 5. The van der Waals surface area contributed by atoms with Crippen molar-refractivity contribution in [3.05, 3.63) is 30.3 Å². The Labute approximate surface area is 84.5 Å². The largest absolute Gasteiger partial charge is 0.259 e. The highest BCUT2D eigenvalue weighted by molar-refractivity contribution is 5.46. The lowest BCUT2D eigenvalue weighted by molar-refractivity contribution is 0.133. The fourth-order valence-electron chi connectivity index (χ4n) is 1.02. The van der Waals surface area contributed by atoms with Gasteiger partial charge in [0.2, 0.25) is 6.19 Å². The smallest absolute Gasteiger partial charge is 0.210 e. The summed E-state index contributed by atoms with van der Waals surface area (Å²) in [5, 5.41) is 10.1. The van der Waals surface area contributed by atoms with Gasteiger partial charge in [0.15, 0.2) is 0 Å². The third-order valence-corrected chi connectivity index (χ3v) is 1.80. The second kappa shape index (κ2) is 6.01. The summed E-state index contributed by atoms with van der Waals surface area (Å²) in [6.45, 7) is 2.67. The summed E-state index contributed by atoms with van der Waals surface area (Å²) in [5.41, 5.74) is 0.770. The van der Waals surface area contributed by atoms with Gasteiger partial charge in [0, 0.05) is 0 Å². The second-order valence-electron chi connectivity index (χ2n) is 2.92. The van der Waals surface area contributed by atoms with Crippen molar-refractivity contribution in [1.29, 1.82) is 5.26 Å². The fourth-order valence-corrected chi connectivity index (χ4v) is 1.02. The molecule has 0 amide bonds. The zero-order chi connectivity index (χ0) is 10.2. The van der Waals surface area contributed by atoms with Crippen LogP contribution in [0.1, 0.15) is 19.8 Å². The van der Waals surface area contributed by atoms with Gasteiger partial charge in [0.25, 0.3) is 0 Å². The molecule has 1 rings (SSSR count). The fraction of sp³-hybridized carbons (Fsp3) is 0.364. The molecule has 0 heterocycles. The monoisotopic (exact) mass is 190 g/mol. The molecule has 0 aliphatic heterocycles. The first-order chi connectivity index (χ1) is 6.88. The van der Waals surface area contributed by atoms with Crippen LogP contribution in [0.15, 0.2) is 30.3 Å². The molecular weight excluding hydrogens is 176 g/mol. The van der Waals surface area contributed by atoms with Crippen LogP contribution >= 0.6 is 0 Å². The van der Waals surface area contributed by atoms with Gasteiger partial charge in [-0.1, -0.05) is 31.5 Å². The number of nitrogens with zero attached hydrogens (tertiary/aromatic N) is 2. The van der Waals surface area contributed by atoms with Crippen molar-refractivity contribution in [3.8, 4) is 6.19 Å². The molecule has 0 atom stereocenters. The molecule has 0 radical (unpaired) electrons. The van der Waals surface area contributed by atoms with E-state index in [1.165, 1.54) is 5.06 Å². The van der Waals surface area contributed by atoms with Crippen LogP contribution in [0.5, 0.6) is 0 Å². The zero-order valence-electron chi connectivity index (χ0n) is 8.31. The highest BCUT2D eigenvalue weighted by Gasteiger charge is 2.03. The lowest BCUT2D eigenvalue weighted by Gasteiger charge is -2.14. The molecule has 0 aromatic heterocycles. The molecule has 0 N–H and O–H groups in total. The number of hydroxylamine groups is 1. The van der Waals surface area contributed by atoms with E-state index in [4.69, 9.17) is 10.1 Å². The molecule has 0 bridgehead atoms. The average Bonchev–Trinajstić information content (AvgIpc) is 2.26. The maximum Gasteiger partial charge on any atom is 0.210 e. The predicted octanol–water partition coefficient (Wildman–Crippen LogP) is 2.71. The predicted molar refractivity (Wildman–Crippen MR) is 55.4 cm³/mol. The molecule has 1 aromatic rings. The van der Waals surface area contributed by atoms with Gasteiger partial charge in [0.05, 0.1) is 12.3 Å². The van der Waals surface area contributed by atoms with Crippen LogP contribution < -0.4 is 5.06 Å². The number of para-hydroxylation sites is 1. The Bertz CT molecular complexity index is 292. The van der Waals surface area contributed by atoms with Gasteiger partial charge in [-0.15, -0.1) is 0 Å². The Morgan fingerprint density at radius 1 is 1.36 bits per heavy atom. The Balaban J connectivity index is 2.52. The summed E-state index contributed by atoms with van der Waals surface area (Å²) < 4.78 is 0. The van der Waals surface area contributed by atoms with E-state index in [2.05, 4.69) is 6.92 Å². The molecule has 0 saturated carbocycles. The van der Waals surface area contributed by atoms with Crippen molar-refractivity contribution >= 4 is 5.69 Å². The van der Waals surface area contributed by atoms with Gasteiger partial charge in [-0.25, -0.2) is 0 Å². The second-order valence-corrected chi connectivity index (χ2v) is 2.92. The van der Waals surface area contributed by atoms with Gasteiger partial charge in [0.1, 0.15) is 0 Å². The van der Waals surface area contributed by atoms with Crippen LogP contribution in [-0.2, 0) is 4.84 Å². The first-order valence-corrected chi connectivity index (χ1v) is 4.76. The van der Waals surface area contributed by atoms with Gasteiger partial charge in [-0.05, 0) is 18.6 Å². The van der Waals surface area contributed by atoms with E-state index in [1.54, 1.807) is 0 Å². The number of anilines is 1. The van der Waals surface area contributed by atoms with E-state index in [1.807, 2.05) is 36.5 Å². The molecule has 0 saturated heterocycles. The van der Waals surface area contributed by atoms with Crippen LogP contribution in [0.2, 0.25) is 0 Å². The molecule has 0 unspecified atom stereocenters. The minimum Gasteiger partial charge on any atom is -0.259 e. The van der Waals surface area contributed by atoms with Crippen molar-refractivity contribution in [2.75, 3.05) is 11.7 Å². The van der Waals surface area contributed by atoms with E-state index in [9.17, 15) is 0 Å². The van der Waals surface area contributed by atoms with E-state index >= 15 is 0 Å². The Morgan fingerprint density at radius 2 is 2.07 bits per heavy atom. The van der Waals surface area contributed by atoms with Gasteiger partial charge in [-0.2, -0.15) is 10.3 Å². The SMILES string of the molecule is CCCCON(C#N)c1ccccc1. The van der Waals surface area contributed by atoms with E-state index < -0.39 is 0 Å². The Kier molecular flexibility index (Phi) is 4.53.